The molecule has 10 heteroatoms. The molecule has 0 radical (unpaired) electrons. The molecule has 3 aromatic heterocycles. The number of aromatic nitrogens is 4. The van der Waals surface area contributed by atoms with Crippen LogP contribution in [0.25, 0.3) is 11.0 Å². The molecule has 1 amide bonds. The van der Waals surface area contributed by atoms with Crippen LogP contribution in [0.2, 0.25) is 0 Å². The van der Waals surface area contributed by atoms with Crippen LogP contribution in [0.5, 0.6) is 0 Å². The Morgan fingerprint density at radius 3 is 2.33 bits per heavy atom. The Labute approximate surface area is 192 Å². The molecule has 33 heavy (non-hydrogen) atoms. The van der Waals surface area contributed by atoms with Gasteiger partial charge in [0.05, 0.1) is 5.56 Å². The summed E-state index contributed by atoms with van der Waals surface area (Å²) in [4.78, 5) is 21.1. The zero-order valence-electron chi connectivity index (χ0n) is 18.8. The van der Waals surface area contributed by atoms with Crippen LogP contribution in [0.15, 0.2) is 30.5 Å². The molecule has 1 aliphatic heterocycles. The number of anilines is 2. The Hall–Kier alpha value is -3.71. The SMILES string of the molecule is CNC(=O)c1ccc(N2CCN(c3ccc4c(C#N)cn(C5CC(NC)C5)c4n3)CC2)nn1. The van der Waals surface area contributed by atoms with Crippen LogP contribution in [-0.4, -0.2) is 72.0 Å². The zero-order chi connectivity index (χ0) is 22.9. The third-order valence-electron chi connectivity index (χ3n) is 6.74. The van der Waals surface area contributed by atoms with Crippen molar-refractivity contribution in [2.75, 3.05) is 50.1 Å². The number of piperazine rings is 1. The lowest BCUT2D eigenvalue weighted by atomic mass is 9.87. The Balaban J connectivity index is 1.31. The lowest BCUT2D eigenvalue weighted by Gasteiger charge is -2.37. The maximum atomic E-state index is 11.7. The van der Waals surface area contributed by atoms with Crippen LogP contribution < -0.4 is 20.4 Å². The van der Waals surface area contributed by atoms with Crippen LogP contribution in [0.3, 0.4) is 0 Å². The molecule has 0 unspecified atom stereocenters. The first-order chi connectivity index (χ1) is 16.1. The van der Waals surface area contributed by atoms with Crippen molar-refractivity contribution < 1.29 is 4.79 Å². The first kappa shape index (κ1) is 21.2. The fraction of sp³-hybridized carbons (Fsp3) is 0.435. The van der Waals surface area contributed by atoms with E-state index >= 15 is 0 Å². The number of pyridine rings is 1. The predicted molar refractivity (Wildman–Crippen MR) is 125 cm³/mol. The van der Waals surface area contributed by atoms with Gasteiger partial charge in [0.25, 0.3) is 5.91 Å². The number of rotatable bonds is 5. The van der Waals surface area contributed by atoms with Gasteiger partial charge in [-0.15, -0.1) is 10.2 Å². The van der Waals surface area contributed by atoms with E-state index in [9.17, 15) is 10.1 Å². The highest BCUT2D eigenvalue weighted by atomic mass is 16.1. The van der Waals surface area contributed by atoms with Gasteiger partial charge in [-0.05, 0) is 44.2 Å². The Morgan fingerprint density at radius 2 is 1.73 bits per heavy atom. The summed E-state index contributed by atoms with van der Waals surface area (Å²) in [5.74, 6) is 1.45. The largest absolute Gasteiger partial charge is 0.354 e. The molecule has 5 rings (SSSR count). The van der Waals surface area contributed by atoms with Crippen LogP contribution in [-0.2, 0) is 0 Å². The van der Waals surface area contributed by atoms with Gasteiger partial charge >= 0.3 is 0 Å². The van der Waals surface area contributed by atoms with Gasteiger partial charge in [-0.3, -0.25) is 4.79 Å². The first-order valence-electron chi connectivity index (χ1n) is 11.3. The van der Waals surface area contributed by atoms with Gasteiger partial charge in [0.2, 0.25) is 0 Å². The normalized spacial score (nSPS) is 20.4. The molecule has 2 aliphatic rings. The van der Waals surface area contributed by atoms with Crippen LogP contribution in [0.4, 0.5) is 11.6 Å². The van der Waals surface area contributed by atoms with Crippen molar-refractivity contribution in [3.8, 4) is 6.07 Å². The second-order valence-corrected chi connectivity index (χ2v) is 8.54. The van der Waals surface area contributed by atoms with E-state index in [1.165, 1.54) is 0 Å². The molecule has 170 valence electrons. The molecule has 1 aliphatic carbocycles. The number of nitriles is 1. The van der Waals surface area contributed by atoms with E-state index < -0.39 is 0 Å². The average molecular weight is 446 g/mol. The molecule has 0 aromatic carbocycles. The van der Waals surface area contributed by atoms with Crippen LogP contribution in [0.1, 0.15) is 34.9 Å². The van der Waals surface area contributed by atoms with Crippen molar-refractivity contribution in [2.45, 2.75) is 24.9 Å². The molecule has 0 bridgehead atoms. The number of carbonyl (C=O) groups is 1. The molecule has 3 aromatic rings. The van der Waals surface area contributed by atoms with E-state index in [0.717, 1.165) is 61.7 Å². The second kappa shape index (κ2) is 8.67. The zero-order valence-corrected chi connectivity index (χ0v) is 18.8. The summed E-state index contributed by atoms with van der Waals surface area (Å²) in [5.41, 5.74) is 1.88. The predicted octanol–water partition coefficient (Wildman–Crippen LogP) is 1.31. The van der Waals surface area contributed by atoms with Crippen molar-refractivity contribution in [1.29, 1.82) is 5.26 Å². The summed E-state index contributed by atoms with van der Waals surface area (Å²) in [6.45, 7) is 3.16. The minimum absolute atomic E-state index is 0.243. The van der Waals surface area contributed by atoms with E-state index in [2.05, 4.69) is 41.3 Å². The number of nitrogens with one attached hydrogen (secondary N) is 2. The standard InChI is InChI=1S/C23H27N9O/c1-25-16-11-17(12-16)32-14-15(13-24)18-3-5-20(27-22(18)32)30-7-9-31(10-8-30)21-6-4-19(28-29-21)23(33)26-2/h3-6,14,16-17,25H,7-12H2,1-2H3,(H,26,33). The molecule has 1 saturated heterocycles. The van der Waals surface area contributed by atoms with Crippen LogP contribution in [0, 0.1) is 11.3 Å². The molecule has 2 fully saturated rings. The third kappa shape index (κ3) is 3.85. The quantitative estimate of drug-likeness (QED) is 0.604. The highest BCUT2D eigenvalue weighted by Gasteiger charge is 2.31. The molecule has 0 atom stereocenters. The minimum atomic E-state index is -0.243. The Kier molecular flexibility index (Phi) is 5.56. The Morgan fingerprint density at radius 1 is 1.03 bits per heavy atom. The monoisotopic (exact) mass is 445 g/mol. The third-order valence-corrected chi connectivity index (χ3v) is 6.74. The topological polar surface area (TPSA) is 115 Å². The number of amides is 1. The summed E-state index contributed by atoms with van der Waals surface area (Å²) in [5, 5.41) is 24.6. The number of carbonyl (C=O) groups excluding carboxylic acids is 1. The summed E-state index contributed by atoms with van der Waals surface area (Å²) < 4.78 is 2.19. The maximum absolute atomic E-state index is 11.7. The number of fused-ring (bicyclic) bond motifs is 1. The van der Waals surface area contributed by atoms with Gasteiger partial charge in [0, 0.05) is 56.9 Å². The van der Waals surface area contributed by atoms with Crippen molar-refractivity contribution in [2.24, 2.45) is 0 Å². The lowest BCUT2D eigenvalue weighted by molar-refractivity contribution is 0.0957. The summed E-state index contributed by atoms with van der Waals surface area (Å²) in [7, 11) is 3.57. The Bertz CT molecular complexity index is 1200. The number of hydrogen-bond donors (Lipinski definition) is 2. The van der Waals surface area contributed by atoms with Gasteiger partial charge in [0.1, 0.15) is 17.5 Å². The fourth-order valence-corrected chi connectivity index (χ4v) is 4.62. The highest BCUT2D eigenvalue weighted by Crippen LogP contribution is 2.36. The average Bonchev–Trinajstić information content (AvgIpc) is 3.21. The number of hydrogen-bond acceptors (Lipinski definition) is 8. The molecule has 4 heterocycles. The molecule has 2 N–H and O–H groups in total. The van der Waals surface area contributed by atoms with Crippen molar-refractivity contribution in [3.63, 3.8) is 0 Å². The van der Waals surface area contributed by atoms with E-state index in [1.807, 2.05) is 31.4 Å². The molecule has 0 spiro atoms. The van der Waals surface area contributed by atoms with Gasteiger partial charge < -0.3 is 25.0 Å². The van der Waals surface area contributed by atoms with E-state index in [0.29, 0.717) is 23.3 Å². The van der Waals surface area contributed by atoms with Gasteiger partial charge in [0.15, 0.2) is 11.5 Å². The fourth-order valence-electron chi connectivity index (χ4n) is 4.62. The molecule has 10 nitrogen and oxygen atoms in total. The van der Waals surface area contributed by atoms with Gasteiger partial charge in [-0.1, -0.05) is 0 Å². The lowest BCUT2D eigenvalue weighted by Crippen LogP contribution is -2.47. The van der Waals surface area contributed by atoms with E-state index in [-0.39, 0.29) is 5.91 Å². The summed E-state index contributed by atoms with van der Waals surface area (Å²) >= 11 is 0. The van der Waals surface area contributed by atoms with Crippen LogP contribution >= 0.6 is 0 Å². The highest BCUT2D eigenvalue weighted by molar-refractivity contribution is 5.91. The molecular formula is C23H27N9O. The maximum Gasteiger partial charge on any atom is 0.271 e. The van der Waals surface area contributed by atoms with Crippen molar-refractivity contribution >= 4 is 28.6 Å². The van der Waals surface area contributed by atoms with Crippen molar-refractivity contribution in [1.82, 2.24) is 30.4 Å². The molecule has 1 saturated carbocycles. The summed E-state index contributed by atoms with van der Waals surface area (Å²) in [6.07, 6.45) is 4.06. The van der Waals surface area contributed by atoms with Gasteiger partial charge in [-0.2, -0.15) is 5.26 Å². The first-order valence-corrected chi connectivity index (χ1v) is 11.3. The minimum Gasteiger partial charge on any atom is -0.354 e. The van der Waals surface area contributed by atoms with Gasteiger partial charge in [-0.25, -0.2) is 4.98 Å². The molecular weight excluding hydrogens is 418 g/mol. The summed E-state index contributed by atoms with van der Waals surface area (Å²) in [6, 6.07) is 10.8. The van der Waals surface area contributed by atoms with E-state index in [1.54, 1.807) is 13.1 Å². The van der Waals surface area contributed by atoms with E-state index in [4.69, 9.17) is 4.98 Å². The van der Waals surface area contributed by atoms with Crippen molar-refractivity contribution in [3.05, 3.63) is 41.7 Å². The second-order valence-electron chi connectivity index (χ2n) is 8.54. The number of nitrogens with zero attached hydrogens (tertiary/aromatic N) is 7. The smallest absolute Gasteiger partial charge is 0.271 e.